The molecule has 37 heavy (non-hydrogen) atoms. The number of anilines is 1. The zero-order chi connectivity index (χ0) is 26.5. The summed E-state index contributed by atoms with van der Waals surface area (Å²) in [6.07, 6.45) is 0.315. The molecule has 8 heteroatoms. The van der Waals surface area contributed by atoms with Gasteiger partial charge in [-0.1, -0.05) is 23.8 Å². The molecule has 3 aromatic rings. The van der Waals surface area contributed by atoms with Gasteiger partial charge in [0.1, 0.15) is 6.04 Å². The number of imide groups is 1. The van der Waals surface area contributed by atoms with Gasteiger partial charge in [0.15, 0.2) is 11.5 Å². The van der Waals surface area contributed by atoms with Crippen LogP contribution < -0.4 is 14.4 Å². The van der Waals surface area contributed by atoms with Gasteiger partial charge in [0, 0.05) is 12.1 Å². The highest BCUT2D eigenvalue weighted by Crippen LogP contribution is 2.30. The number of rotatable bonds is 8. The molecule has 1 fully saturated rings. The predicted octanol–water partition coefficient (Wildman–Crippen LogP) is 3.90. The van der Waals surface area contributed by atoms with Gasteiger partial charge in [0.25, 0.3) is 11.8 Å². The van der Waals surface area contributed by atoms with Crippen LogP contribution in [0.25, 0.3) is 0 Å². The fraction of sp³-hybridized carbons (Fsp3) is 0.241. The van der Waals surface area contributed by atoms with Gasteiger partial charge in [-0.2, -0.15) is 5.26 Å². The molecular formula is C29H27N3O5. The van der Waals surface area contributed by atoms with Crippen molar-refractivity contribution in [2.24, 2.45) is 0 Å². The molecule has 1 unspecified atom stereocenters. The van der Waals surface area contributed by atoms with E-state index in [9.17, 15) is 14.4 Å². The Labute approximate surface area is 215 Å². The van der Waals surface area contributed by atoms with E-state index >= 15 is 0 Å². The summed E-state index contributed by atoms with van der Waals surface area (Å²) in [5.74, 6) is -0.0349. The van der Waals surface area contributed by atoms with Crippen LogP contribution in [0.4, 0.5) is 5.69 Å². The van der Waals surface area contributed by atoms with Crippen LogP contribution in [0.2, 0.25) is 0 Å². The largest absolute Gasteiger partial charge is 0.493 e. The smallest absolute Gasteiger partial charge is 0.257 e. The average molecular weight is 498 g/mol. The van der Waals surface area contributed by atoms with E-state index in [0.717, 1.165) is 16.0 Å². The van der Waals surface area contributed by atoms with Crippen molar-refractivity contribution < 1.29 is 23.9 Å². The molecule has 3 amide bonds. The Kier molecular flexibility index (Phi) is 7.54. The molecule has 0 saturated carbocycles. The Morgan fingerprint density at radius 1 is 1.00 bits per heavy atom. The SMILES string of the molecule is COc1ccc(CCN(C(=O)c2ccc(C)cc2)C2CC(=O)N(c3ccc(C#N)cc3)C2=O)cc1OC. The third kappa shape index (κ3) is 5.31. The second-order valence-corrected chi connectivity index (χ2v) is 8.75. The minimum Gasteiger partial charge on any atom is -0.493 e. The molecule has 0 aliphatic carbocycles. The fourth-order valence-electron chi connectivity index (χ4n) is 4.36. The molecule has 0 spiro atoms. The maximum atomic E-state index is 13.6. The first-order valence-electron chi connectivity index (χ1n) is 11.8. The maximum Gasteiger partial charge on any atom is 0.257 e. The Bertz CT molecular complexity index is 1360. The van der Waals surface area contributed by atoms with E-state index in [-0.39, 0.29) is 18.9 Å². The number of carbonyl (C=O) groups excluding carboxylic acids is 3. The minimum absolute atomic E-state index is 0.123. The van der Waals surface area contributed by atoms with Crippen molar-refractivity contribution in [3.8, 4) is 17.6 Å². The first kappa shape index (κ1) is 25.5. The summed E-state index contributed by atoms with van der Waals surface area (Å²) >= 11 is 0. The van der Waals surface area contributed by atoms with Crippen molar-refractivity contribution in [3.05, 3.63) is 89.0 Å². The molecule has 0 radical (unpaired) electrons. The van der Waals surface area contributed by atoms with Crippen molar-refractivity contribution >= 4 is 23.4 Å². The lowest BCUT2D eigenvalue weighted by Crippen LogP contribution is -2.46. The number of benzene rings is 3. The summed E-state index contributed by atoms with van der Waals surface area (Å²) in [5, 5.41) is 9.06. The number of methoxy groups -OCH3 is 2. The summed E-state index contributed by atoms with van der Waals surface area (Å²) in [4.78, 5) is 42.7. The van der Waals surface area contributed by atoms with Crippen LogP contribution in [0.3, 0.4) is 0 Å². The molecule has 1 aliphatic rings. The summed E-state index contributed by atoms with van der Waals surface area (Å²) in [7, 11) is 3.11. The van der Waals surface area contributed by atoms with Crippen LogP contribution >= 0.6 is 0 Å². The van der Waals surface area contributed by atoms with Gasteiger partial charge in [0.2, 0.25) is 5.91 Å². The Balaban J connectivity index is 1.63. The first-order valence-corrected chi connectivity index (χ1v) is 11.8. The average Bonchev–Trinajstić information content (AvgIpc) is 3.22. The lowest BCUT2D eigenvalue weighted by atomic mass is 10.1. The van der Waals surface area contributed by atoms with E-state index in [2.05, 4.69) is 0 Å². The molecule has 8 nitrogen and oxygen atoms in total. The van der Waals surface area contributed by atoms with Crippen LogP contribution in [0.5, 0.6) is 11.5 Å². The van der Waals surface area contributed by atoms with Crippen LogP contribution in [0.15, 0.2) is 66.7 Å². The Hall–Kier alpha value is -4.64. The third-order valence-electron chi connectivity index (χ3n) is 6.40. The molecule has 1 heterocycles. The van der Waals surface area contributed by atoms with Crippen molar-refractivity contribution in [3.63, 3.8) is 0 Å². The van der Waals surface area contributed by atoms with E-state index in [0.29, 0.717) is 34.7 Å². The standard InChI is InChI=1S/C29H27N3O5/c1-19-4-9-22(10-5-19)28(34)31(15-14-20-8-13-25(36-2)26(16-20)37-3)24-17-27(33)32(29(24)35)23-11-6-21(18-30)7-12-23/h4-13,16,24H,14-15,17H2,1-3H3. The monoisotopic (exact) mass is 497 g/mol. The number of hydrogen-bond donors (Lipinski definition) is 0. The second kappa shape index (κ2) is 11.0. The van der Waals surface area contributed by atoms with Gasteiger partial charge in [0.05, 0.1) is 38.0 Å². The predicted molar refractivity (Wildman–Crippen MR) is 138 cm³/mol. The van der Waals surface area contributed by atoms with Gasteiger partial charge < -0.3 is 14.4 Å². The van der Waals surface area contributed by atoms with E-state index in [1.807, 2.05) is 37.3 Å². The fourth-order valence-corrected chi connectivity index (χ4v) is 4.36. The van der Waals surface area contributed by atoms with Gasteiger partial charge in [-0.3, -0.25) is 14.4 Å². The minimum atomic E-state index is -0.947. The maximum absolute atomic E-state index is 13.6. The molecule has 1 saturated heterocycles. The molecule has 1 atom stereocenters. The topological polar surface area (TPSA) is 99.9 Å². The number of nitrogens with zero attached hydrogens (tertiary/aromatic N) is 3. The van der Waals surface area contributed by atoms with Crippen molar-refractivity contribution in [1.82, 2.24) is 4.90 Å². The molecule has 0 N–H and O–H groups in total. The van der Waals surface area contributed by atoms with E-state index in [1.54, 1.807) is 56.7 Å². The molecular weight excluding hydrogens is 470 g/mol. The number of ether oxygens (including phenoxy) is 2. The molecule has 0 bridgehead atoms. The second-order valence-electron chi connectivity index (χ2n) is 8.75. The zero-order valence-corrected chi connectivity index (χ0v) is 20.9. The van der Waals surface area contributed by atoms with Crippen LogP contribution in [-0.2, 0) is 16.0 Å². The number of hydrogen-bond acceptors (Lipinski definition) is 6. The normalized spacial score (nSPS) is 14.9. The van der Waals surface area contributed by atoms with Crippen LogP contribution in [0, 0.1) is 18.3 Å². The Morgan fingerprint density at radius 2 is 1.68 bits per heavy atom. The van der Waals surface area contributed by atoms with E-state index in [4.69, 9.17) is 14.7 Å². The van der Waals surface area contributed by atoms with Crippen molar-refractivity contribution in [1.29, 1.82) is 5.26 Å². The van der Waals surface area contributed by atoms with Crippen LogP contribution in [0.1, 0.15) is 33.5 Å². The summed E-state index contributed by atoms with van der Waals surface area (Å²) in [6.45, 7) is 2.14. The van der Waals surface area contributed by atoms with Crippen molar-refractivity contribution in [2.45, 2.75) is 25.8 Å². The highest BCUT2D eigenvalue weighted by Gasteiger charge is 2.44. The first-order chi connectivity index (χ1) is 17.9. The van der Waals surface area contributed by atoms with Gasteiger partial charge in [-0.25, -0.2) is 4.90 Å². The van der Waals surface area contributed by atoms with E-state index in [1.165, 1.54) is 4.90 Å². The molecule has 1 aliphatic heterocycles. The van der Waals surface area contributed by atoms with Gasteiger partial charge in [-0.05, 0) is 67.4 Å². The highest BCUT2D eigenvalue weighted by molar-refractivity contribution is 6.23. The summed E-state index contributed by atoms with van der Waals surface area (Å²) in [6, 6.07) is 19.9. The molecule has 0 aromatic heterocycles. The highest BCUT2D eigenvalue weighted by atomic mass is 16.5. The number of aryl methyl sites for hydroxylation is 1. The summed E-state index contributed by atoms with van der Waals surface area (Å²) < 4.78 is 10.7. The van der Waals surface area contributed by atoms with Crippen molar-refractivity contribution in [2.75, 3.05) is 25.7 Å². The molecule has 188 valence electrons. The van der Waals surface area contributed by atoms with Gasteiger partial charge >= 0.3 is 0 Å². The lowest BCUT2D eigenvalue weighted by Gasteiger charge is -2.28. The number of amides is 3. The number of nitriles is 1. The quantitative estimate of drug-likeness (QED) is 0.438. The Morgan fingerprint density at radius 3 is 2.30 bits per heavy atom. The molecule has 3 aromatic carbocycles. The zero-order valence-electron chi connectivity index (χ0n) is 20.9. The molecule has 4 rings (SSSR count). The van der Waals surface area contributed by atoms with Gasteiger partial charge in [-0.15, -0.1) is 0 Å². The third-order valence-corrected chi connectivity index (χ3v) is 6.40. The lowest BCUT2D eigenvalue weighted by molar-refractivity contribution is -0.122. The van der Waals surface area contributed by atoms with Crippen LogP contribution in [-0.4, -0.2) is 49.4 Å². The summed E-state index contributed by atoms with van der Waals surface area (Å²) in [5.41, 5.74) is 3.13. The van der Waals surface area contributed by atoms with E-state index < -0.39 is 17.9 Å². The number of carbonyl (C=O) groups is 3.